The van der Waals surface area contributed by atoms with Crippen molar-refractivity contribution in [2.45, 2.75) is 5.25 Å². The van der Waals surface area contributed by atoms with Crippen molar-refractivity contribution in [3.05, 3.63) is 25.4 Å². The van der Waals surface area contributed by atoms with Gasteiger partial charge in [-0.2, -0.15) is 0 Å². The fourth-order valence-corrected chi connectivity index (χ4v) is 14.5. The van der Waals surface area contributed by atoms with E-state index in [2.05, 4.69) is 0 Å². The summed E-state index contributed by atoms with van der Waals surface area (Å²) in [6, 6.07) is 0. The van der Waals surface area contributed by atoms with Crippen molar-refractivity contribution < 1.29 is 4.74 Å². The van der Waals surface area contributed by atoms with Crippen LogP contribution in [0, 0.1) is 0 Å². The zero-order chi connectivity index (χ0) is 14.2. The molecule has 0 spiro atoms. The van der Waals surface area contributed by atoms with Gasteiger partial charge in [0.25, 0.3) is 0 Å². The third-order valence-corrected chi connectivity index (χ3v) is 15.1. The molecule has 9 heteroatoms. The summed E-state index contributed by atoms with van der Waals surface area (Å²) in [4.78, 5) is 0. The number of hydrogen-bond donors (Lipinski definition) is 0. The van der Waals surface area contributed by atoms with Gasteiger partial charge in [-0.05, 0) is 0 Å². The Morgan fingerprint density at radius 3 is 2.00 bits per heavy atom. The van der Waals surface area contributed by atoms with Gasteiger partial charge in [-0.1, -0.05) is 47.0 Å². The van der Waals surface area contributed by atoms with Crippen molar-refractivity contribution >= 4 is 94.1 Å². The molecular formula is C12H12OS8. The predicted molar refractivity (Wildman–Crippen MR) is 112 cm³/mol. The third-order valence-electron chi connectivity index (χ3n) is 2.82. The smallest absolute Gasteiger partial charge is 0.0717 e. The van der Waals surface area contributed by atoms with Gasteiger partial charge in [0, 0.05) is 29.6 Å². The summed E-state index contributed by atoms with van der Waals surface area (Å²) in [7, 11) is 1.80. The van der Waals surface area contributed by atoms with Gasteiger partial charge in [0.1, 0.15) is 0 Å². The molecule has 114 valence electrons. The molecule has 4 aliphatic heterocycles. The molecule has 0 aromatic rings. The molecule has 0 bridgehead atoms. The molecule has 21 heavy (non-hydrogen) atoms. The molecule has 1 unspecified atom stereocenters. The van der Waals surface area contributed by atoms with Gasteiger partial charge in [-0.25, -0.2) is 0 Å². The molecule has 0 amide bonds. The molecular weight excluding hydrogens is 417 g/mol. The molecule has 4 rings (SSSR count). The van der Waals surface area contributed by atoms with Crippen LogP contribution in [0.2, 0.25) is 0 Å². The molecule has 1 atom stereocenters. The van der Waals surface area contributed by atoms with Gasteiger partial charge in [-0.15, -0.1) is 47.0 Å². The maximum Gasteiger partial charge on any atom is 0.0717 e. The molecule has 0 aromatic heterocycles. The first kappa shape index (κ1) is 16.4. The summed E-state index contributed by atoms with van der Waals surface area (Å²) < 4.78 is 14.4. The summed E-state index contributed by atoms with van der Waals surface area (Å²) >= 11 is 16.1. The minimum Gasteiger partial charge on any atom is -0.383 e. The topological polar surface area (TPSA) is 9.23 Å². The molecule has 4 heterocycles. The highest BCUT2D eigenvalue weighted by Gasteiger charge is 2.34. The SMILES string of the molecule is COCC1CSC2=C(SC(=C3SC4=C(SCCS4)S3)S2)S1. The summed E-state index contributed by atoms with van der Waals surface area (Å²) in [6.07, 6.45) is 0. The van der Waals surface area contributed by atoms with Crippen molar-refractivity contribution in [3.8, 4) is 0 Å². The van der Waals surface area contributed by atoms with Gasteiger partial charge in [0.05, 0.1) is 32.0 Å². The van der Waals surface area contributed by atoms with E-state index in [4.69, 9.17) is 4.74 Å². The average Bonchev–Trinajstić information content (AvgIpc) is 3.10. The van der Waals surface area contributed by atoms with Gasteiger partial charge in [-0.3, -0.25) is 0 Å². The Morgan fingerprint density at radius 2 is 1.38 bits per heavy atom. The van der Waals surface area contributed by atoms with Crippen LogP contribution in [0.5, 0.6) is 0 Å². The minimum absolute atomic E-state index is 0.609. The van der Waals surface area contributed by atoms with Crippen molar-refractivity contribution in [1.29, 1.82) is 0 Å². The first-order chi connectivity index (χ1) is 10.3. The van der Waals surface area contributed by atoms with Crippen LogP contribution in [0.15, 0.2) is 25.4 Å². The number of hydrogen-bond acceptors (Lipinski definition) is 9. The molecule has 0 fully saturated rings. The maximum atomic E-state index is 5.32. The molecule has 0 aromatic carbocycles. The number of thioether (sulfide) groups is 8. The van der Waals surface area contributed by atoms with Crippen LogP contribution in [-0.2, 0) is 4.74 Å². The molecule has 0 N–H and O–H groups in total. The van der Waals surface area contributed by atoms with Gasteiger partial charge in [0.15, 0.2) is 0 Å². The van der Waals surface area contributed by atoms with Crippen molar-refractivity contribution in [1.82, 2.24) is 0 Å². The first-order valence-corrected chi connectivity index (χ1v) is 13.4. The molecule has 0 radical (unpaired) electrons. The second-order valence-corrected chi connectivity index (χ2v) is 14.5. The predicted octanol–water partition coefficient (Wildman–Crippen LogP) is 6.30. The summed E-state index contributed by atoms with van der Waals surface area (Å²) in [5.74, 6) is 3.70. The zero-order valence-corrected chi connectivity index (χ0v) is 17.6. The van der Waals surface area contributed by atoms with Gasteiger partial charge >= 0.3 is 0 Å². The summed E-state index contributed by atoms with van der Waals surface area (Å²) in [5.41, 5.74) is 0. The lowest BCUT2D eigenvalue weighted by Gasteiger charge is -2.20. The second-order valence-electron chi connectivity index (χ2n) is 4.34. The Kier molecular flexibility index (Phi) is 5.85. The largest absolute Gasteiger partial charge is 0.383 e. The van der Waals surface area contributed by atoms with Crippen molar-refractivity contribution in [2.75, 3.05) is 31.0 Å². The van der Waals surface area contributed by atoms with Crippen LogP contribution in [0.3, 0.4) is 0 Å². The van der Waals surface area contributed by atoms with Crippen molar-refractivity contribution in [3.63, 3.8) is 0 Å². The van der Waals surface area contributed by atoms with Crippen molar-refractivity contribution in [2.24, 2.45) is 0 Å². The van der Waals surface area contributed by atoms with Crippen LogP contribution < -0.4 is 0 Å². The van der Waals surface area contributed by atoms with Gasteiger partial charge < -0.3 is 4.74 Å². The zero-order valence-electron chi connectivity index (χ0n) is 11.1. The molecule has 4 aliphatic rings. The lowest BCUT2D eigenvalue weighted by atomic mass is 10.5. The van der Waals surface area contributed by atoms with E-state index in [9.17, 15) is 0 Å². The quantitative estimate of drug-likeness (QED) is 0.496. The van der Waals surface area contributed by atoms with E-state index >= 15 is 0 Å². The van der Waals surface area contributed by atoms with Gasteiger partial charge in [0.2, 0.25) is 0 Å². The summed E-state index contributed by atoms with van der Waals surface area (Å²) in [6.45, 7) is 0.859. The lowest BCUT2D eigenvalue weighted by molar-refractivity contribution is 0.204. The van der Waals surface area contributed by atoms with E-state index in [-0.39, 0.29) is 0 Å². The standard InChI is InChI=1S/C12H12OS8/c1-13-4-6-5-16-9-10(17-6)21-12(20-9)11-18-7-8(19-11)15-3-2-14-7/h6H,2-5H2,1H3. The van der Waals surface area contributed by atoms with Crippen LogP contribution >= 0.6 is 94.1 Å². The lowest BCUT2D eigenvalue weighted by Crippen LogP contribution is -2.15. The third kappa shape index (κ3) is 3.66. The normalized spacial score (nSPS) is 29.3. The Labute approximate surface area is 159 Å². The fraction of sp³-hybridized carbons (Fsp3) is 0.500. The van der Waals surface area contributed by atoms with E-state index in [0.717, 1.165) is 6.61 Å². The van der Waals surface area contributed by atoms with Crippen LogP contribution in [-0.4, -0.2) is 36.2 Å². The number of rotatable bonds is 2. The highest BCUT2D eigenvalue weighted by Crippen LogP contribution is 2.68. The minimum atomic E-state index is 0.609. The molecule has 0 saturated heterocycles. The summed E-state index contributed by atoms with van der Waals surface area (Å²) in [5, 5.41) is 0.609. The van der Waals surface area contributed by atoms with Crippen LogP contribution in [0.4, 0.5) is 0 Å². The van der Waals surface area contributed by atoms with Crippen LogP contribution in [0.25, 0.3) is 0 Å². The monoisotopic (exact) mass is 428 g/mol. The first-order valence-electron chi connectivity index (χ1n) is 6.31. The van der Waals surface area contributed by atoms with E-state index in [1.165, 1.54) is 34.2 Å². The Bertz CT molecular complexity index is 531. The van der Waals surface area contributed by atoms with E-state index in [1.807, 2.05) is 94.1 Å². The number of ether oxygens (including phenoxy) is 1. The second kappa shape index (κ2) is 7.47. The highest BCUT2D eigenvalue weighted by molar-refractivity contribution is 8.45. The average molecular weight is 429 g/mol. The molecule has 0 saturated carbocycles. The molecule has 1 nitrogen and oxygen atoms in total. The van der Waals surface area contributed by atoms with Crippen LogP contribution in [0.1, 0.15) is 0 Å². The van der Waals surface area contributed by atoms with E-state index < -0.39 is 0 Å². The maximum absolute atomic E-state index is 5.32. The van der Waals surface area contributed by atoms with E-state index in [1.54, 1.807) is 15.6 Å². The van der Waals surface area contributed by atoms with E-state index in [0.29, 0.717) is 5.25 Å². The number of methoxy groups -OCH3 is 1. The Morgan fingerprint density at radius 1 is 0.810 bits per heavy atom. The Balaban J connectivity index is 1.45. The highest BCUT2D eigenvalue weighted by atomic mass is 32.3. The Hall–Kier alpha value is 1.98. The molecule has 0 aliphatic carbocycles. The fourth-order valence-electron chi connectivity index (χ4n) is 1.94.